The molecule has 1 amide bonds. The van der Waals surface area contributed by atoms with Crippen molar-refractivity contribution in [3.63, 3.8) is 0 Å². The number of sulfonamides is 1. The van der Waals surface area contributed by atoms with Crippen LogP contribution in [-0.4, -0.2) is 62.8 Å². The summed E-state index contributed by atoms with van der Waals surface area (Å²) in [7, 11) is -1.30. The van der Waals surface area contributed by atoms with Crippen LogP contribution in [0.4, 0.5) is 0 Å². The lowest BCUT2D eigenvalue weighted by Gasteiger charge is -2.31. The molecule has 0 bridgehead atoms. The van der Waals surface area contributed by atoms with Crippen LogP contribution in [0.2, 0.25) is 0 Å². The second kappa shape index (κ2) is 11.6. The minimum Gasteiger partial charge on any atom is -0.356 e. The summed E-state index contributed by atoms with van der Waals surface area (Å²) >= 11 is 0. The molecule has 1 saturated carbocycles. The van der Waals surface area contributed by atoms with Crippen LogP contribution in [0.25, 0.3) is 0 Å². The number of piperidine rings is 1. The van der Waals surface area contributed by atoms with E-state index in [2.05, 4.69) is 31.1 Å². The summed E-state index contributed by atoms with van der Waals surface area (Å²) < 4.78 is 27.5. The van der Waals surface area contributed by atoms with Gasteiger partial charge < -0.3 is 10.2 Å². The predicted octanol–water partition coefficient (Wildman–Crippen LogP) is 3.98. The summed E-state index contributed by atoms with van der Waals surface area (Å²) in [6, 6.07) is 7.89. The van der Waals surface area contributed by atoms with Crippen LogP contribution >= 0.6 is 0 Å². The lowest BCUT2D eigenvalue weighted by molar-refractivity contribution is -0.126. The van der Waals surface area contributed by atoms with Gasteiger partial charge in [0, 0.05) is 31.6 Å². The molecular formula is C25H41N3O3S. The molecule has 2 aliphatic rings. The zero-order chi connectivity index (χ0) is 23.1. The first kappa shape index (κ1) is 25.2. The lowest BCUT2D eigenvalue weighted by Crippen LogP contribution is -2.43. The number of benzene rings is 1. The molecule has 0 spiro atoms. The Morgan fingerprint density at radius 2 is 1.69 bits per heavy atom. The molecule has 1 aliphatic carbocycles. The highest BCUT2D eigenvalue weighted by atomic mass is 32.2. The van der Waals surface area contributed by atoms with Crippen LogP contribution in [0.15, 0.2) is 29.2 Å². The summed E-state index contributed by atoms with van der Waals surface area (Å²) in [5.74, 6) is 0.346. The highest BCUT2D eigenvalue weighted by molar-refractivity contribution is 7.89. The van der Waals surface area contributed by atoms with Gasteiger partial charge >= 0.3 is 0 Å². The number of hydrogen-bond donors (Lipinski definition) is 1. The van der Waals surface area contributed by atoms with E-state index >= 15 is 0 Å². The maximum absolute atomic E-state index is 13.0. The van der Waals surface area contributed by atoms with E-state index < -0.39 is 10.0 Å². The summed E-state index contributed by atoms with van der Waals surface area (Å²) in [5.41, 5.74) is 1.13. The van der Waals surface area contributed by atoms with Gasteiger partial charge in [-0.25, -0.2) is 8.42 Å². The van der Waals surface area contributed by atoms with Crippen molar-refractivity contribution < 1.29 is 13.2 Å². The largest absolute Gasteiger partial charge is 0.356 e. The molecule has 1 aromatic rings. The Kier molecular flexibility index (Phi) is 9.14. The highest BCUT2D eigenvalue weighted by Crippen LogP contribution is 2.25. The maximum Gasteiger partial charge on any atom is 0.243 e. The fourth-order valence-electron chi connectivity index (χ4n) is 4.92. The smallest absolute Gasteiger partial charge is 0.243 e. The number of amides is 1. The van der Waals surface area contributed by atoms with Gasteiger partial charge in [0.2, 0.25) is 15.9 Å². The van der Waals surface area contributed by atoms with E-state index in [0.717, 1.165) is 18.5 Å². The topological polar surface area (TPSA) is 69.7 Å². The highest BCUT2D eigenvalue weighted by Gasteiger charge is 2.32. The van der Waals surface area contributed by atoms with Crippen molar-refractivity contribution in [1.29, 1.82) is 0 Å². The fourth-order valence-corrected chi connectivity index (χ4v) is 6.39. The lowest BCUT2D eigenvalue weighted by atomic mass is 9.94. The van der Waals surface area contributed by atoms with Crippen LogP contribution in [-0.2, 0) is 14.8 Å². The van der Waals surface area contributed by atoms with Gasteiger partial charge in [0.15, 0.2) is 0 Å². The predicted molar refractivity (Wildman–Crippen MR) is 129 cm³/mol. The zero-order valence-corrected chi connectivity index (χ0v) is 20.9. The average Bonchev–Trinajstić information content (AvgIpc) is 2.82. The number of hydrogen-bond acceptors (Lipinski definition) is 4. The molecule has 2 fully saturated rings. The first-order valence-corrected chi connectivity index (χ1v) is 13.8. The minimum absolute atomic E-state index is 0.0728. The Hall–Kier alpha value is -1.44. The Morgan fingerprint density at radius 1 is 1.06 bits per heavy atom. The molecule has 1 aromatic carbocycles. The molecule has 3 rings (SSSR count). The molecule has 0 aromatic heterocycles. The summed E-state index contributed by atoms with van der Waals surface area (Å²) in [6.07, 6.45) is 8.75. The molecule has 7 heteroatoms. The number of nitrogens with one attached hydrogen (secondary N) is 1. The molecule has 180 valence electrons. The first-order valence-electron chi connectivity index (χ1n) is 12.4. The van der Waals surface area contributed by atoms with Crippen molar-refractivity contribution in [3.05, 3.63) is 29.8 Å². The van der Waals surface area contributed by atoms with E-state index in [1.165, 1.54) is 36.4 Å². The van der Waals surface area contributed by atoms with Gasteiger partial charge in [0.25, 0.3) is 0 Å². The van der Waals surface area contributed by atoms with E-state index in [4.69, 9.17) is 0 Å². The van der Waals surface area contributed by atoms with Crippen molar-refractivity contribution in [3.8, 4) is 0 Å². The quantitative estimate of drug-likeness (QED) is 0.563. The summed E-state index contributed by atoms with van der Waals surface area (Å²) in [5, 5.41) is 3.08. The van der Waals surface area contributed by atoms with Crippen molar-refractivity contribution in [1.82, 2.24) is 14.5 Å². The second-order valence-corrected chi connectivity index (χ2v) is 11.8. The van der Waals surface area contributed by atoms with Gasteiger partial charge in [-0.2, -0.15) is 4.31 Å². The summed E-state index contributed by atoms with van der Waals surface area (Å²) in [6.45, 7) is 6.68. The van der Waals surface area contributed by atoms with Crippen LogP contribution in [0, 0.1) is 5.92 Å². The van der Waals surface area contributed by atoms with E-state index in [1.807, 2.05) is 12.1 Å². The van der Waals surface area contributed by atoms with Crippen LogP contribution in [0.3, 0.4) is 0 Å². The Balaban J connectivity index is 1.40. The van der Waals surface area contributed by atoms with Gasteiger partial charge in [0.05, 0.1) is 4.90 Å². The minimum atomic E-state index is -3.50. The molecule has 1 aliphatic heterocycles. The van der Waals surface area contributed by atoms with Crippen LogP contribution in [0.5, 0.6) is 0 Å². The second-order valence-electron chi connectivity index (χ2n) is 9.82. The van der Waals surface area contributed by atoms with Gasteiger partial charge in [0.1, 0.15) is 0 Å². The van der Waals surface area contributed by atoms with Crippen molar-refractivity contribution >= 4 is 15.9 Å². The zero-order valence-electron chi connectivity index (χ0n) is 20.1. The van der Waals surface area contributed by atoms with Crippen LogP contribution in [0.1, 0.15) is 76.7 Å². The van der Waals surface area contributed by atoms with E-state index in [0.29, 0.717) is 49.3 Å². The van der Waals surface area contributed by atoms with Crippen molar-refractivity contribution in [2.45, 2.75) is 82.1 Å². The number of carbonyl (C=O) groups is 1. The SMILES string of the molecule is CC(C)c1ccc(S(=O)(=O)N2CCC(C(=O)NCCCN(C)C3CCCCC3)CC2)cc1. The molecule has 1 N–H and O–H groups in total. The van der Waals surface area contributed by atoms with Crippen molar-refractivity contribution in [2.24, 2.45) is 5.92 Å². The average molecular weight is 464 g/mol. The van der Waals surface area contributed by atoms with Crippen molar-refractivity contribution in [2.75, 3.05) is 33.2 Å². The normalized spacial score (nSPS) is 19.5. The molecule has 32 heavy (non-hydrogen) atoms. The molecular weight excluding hydrogens is 422 g/mol. The molecule has 0 radical (unpaired) electrons. The Bertz CT molecular complexity index is 824. The van der Waals surface area contributed by atoms with E-state index in [9.17, 15) is 13.2 Å². The fraction of sp³-hybridized carbons (Fsp3) is 0.720. The van der Waals surface area contributed by atoms with Gasteiger partial charge in [-0.05, 0) is 69.3 Å². The Morgan fingerprint density at radius 3 is 2.28 bits per heavy atom. The molecule has 1 saturated heterocycles. The standard InChI is InChI=1S/C25H41N3O3S/c1-20(2)21-10-12-24(13-11-21)32(30,31)28-18-14-22(15-19-28)25(29)26-16-7-17-27(3)23-8-5-4-6-9-23/h10-13,20,22-23H,4-9,14-19H2,1-3H3,(H,26,29). The number of carbonyl (C=O) groups excluding carboxylic acids is 1. The van der Waals surface area contributed by atoms with Gasteiger partial charge in [-0.15, -0.1) is 0 Å². The number of rotatable bonds is 9. The first-order chi connectivity index (χ1) is 15.3. The van der Waals surface area contributed by atoms with Gasteiger partial charge in [-0.3, -0.25) is 4.79 Å². The monoisotopic (exact) mass is 463 g/mol. The molecule has 1 heterocycles. The number of nitrogens with zero attached hydrogens (tertiary/aromatic N) is 2. The van der Waals surface area contributed by atoms with Crippen LogP contribution < -0.4 is 5.32 Å². The third kappa shape index (κ3) is 6.55. The van der Waals surface area contributed by atoms with E-state index in [-0.39, 0.29) is 11.8 Å². The van der Waals surface area contributed by atoms with Gasteiger partial charge in [-0.1, -0.05) is 45.2 Å². The Labute approximate surface area is 194 Å². The maximum atomic E-state index is 13.0. The molecule has 0 unspecified atom stereocenters. The molecule has 0 atom stereocenters. The molecule has 6 nitrogen and oxygen atoms in total. The van der Waals surface area contributed by atoms with E-state index in [1.54, 1.807) is 12.1 Å². The third-order valence-corrected chi connectivity index (χ3v) is 9.11. The third-order valence-electron chi connectivity index (χ3n) is 7.19. The summed E-state index contributed by atoms with van der Waals surface area (Å²) in [4.78, 5) is 15.4.